The molecule has 1 unspecified atom stereocenters. The van der Waals surface area contributed by atoms with Crippen molar-refractivity contribution < 1.29 is 14.6 Å². The van der Waals surface area contributed by atoms with Gasteiger partial charge in [-0.05, 0) is 18.9 Å². The lowest BCUT2D eigenvalue weighted by Crippen LogP contribution is -2.12. The molecule has 0 fully saturated rings. The molecule has 3 heteroatoms. The molecule has 0 aliphatic rings. The minimum Gasteiger partial charge on any atom is -0.487 e. The van der Waals surface area contributed by atoms with E-state index in [1.807, 2.05) is 0 Å². The second-order valence-electron chi connectivity index (χ2n) is 3.46. The van der Waals surface area contributed by atoms with Gasteiger partial charge in [-0.2, -0.15) is 0 Å². The molecular formula is C11H20O3. The molecule has 1 N–H and O–H groups in total. The summed E-state index contributed by atoms with van der Waals surface area (Å²) < 4.78 is 5.06. The Bertz CT molecular complexity index is 187. The Labute approximate surface area is 85.8 Å². The highest BCUT2D eigenvalue weighted by Crippen LogP contribution is 2.14. The molecule has 3 nitrogen and oxygen atoms in total. The minimum absolute atomic E-state index is 0.153. The second kappa shape index (κ2) is 7.42. The molecule has 0 saturated heterocycles. The molecule has 0 aromatic rings. The van der Waals surface area contributed by atoms with E-state index in [9.17, 15) is 4.79 Å². The van der Waals surface area contributed by atoms with Crippen LogP contribution in [0.2, 0.25) is 0 Å². The SMILES string of the molecule is C=C(OCC(CC)CCCC)C(=O)O. The van der Waals surface area contributed by atoms with Crippen molar-refractivity contribution in [1.29, 1.82) is 0 Å². The highest BCUT2D eigenvalue weighted by atomic mass is 16.5. The van der Waals surface area contributed by atoms with Crippen molar-refractivity contribution in [3.05, 3.63) is 12.3 Å². The molecule has 14 heavy (non-hydrogen) atoms. The molecule has 0 aliphatic heterocycles. The molecule has 0 bridgehead atoms. The Hall–Kier alpha value is -0.990. The molecule has 0 heterocycles. The van der Waals surface area contributed by atoms with E-state index in [0.29, 0.717) is 12.5 Å². The highest BCUT2D eigenvalue weighted by molar-refractivity contribution is 5.83. The summed E-state index contributed by atoms with van der Waals surface area (Å²) in [5, 5.41) is 8.52. The van der Waals surface area contributed by atoms with Crippen molar-refractivity contribution in [1.82, 2.24) is 0 Å². The largest absolute Gasteiger partial charge is 0.487 e. The Morgan fingerprint density at radius 2 is 2.14 bits per heavy atom. The summed E-state index contributed by atoms with van der Waals surface area (Å²) in [6, 6.07) is 0. The maximum Gasteiger partial charge on any atom is 0.370 e. The van der Waals surface area contributed by atoms with E-state index in [1.165, 1.54) is 6.42 Å². The Balaban J connectivity index is 3.71. The van der Waals surface area contributed by atoms with Crippen LogP contribution in [0.3, 0.4) is 0 Å². The van der Waals surface area contributed by atoms with Crippen LogP contribution in [0.1, 0.15) is 39.5 Å². The average molecular weight is 200 g/mol. The van der Waals surface area contributed by atoms with Crippen LogP contribution in [0.5, 0.6) is 0 Å². The van der Waals surface area contributed by atoms with E-state index in [0.717, 1.165) is 19.3 Å². The molecule has 0 saturated carbocycles. The standard InChI is InChI=1S/C11H20O3/c1-4-6-7-10(5-2)8-14-9(3)11(12)13/h10H,3-8H2,1-2H3,(H,12,13). The number of carbonyl (C=O) groups is 1. The van der Waals surface area contributed by atoms with Crippen LogP contribution < -0.4 is 0 Å². The van der Waals surface area contributed by atoms with Crippen molar-refractivity contribution in [2.75, 3.05) is 6.61 Å². The molecule has 0 amide bonds. The fourth-order valence-corrected chi connectivity index (χ4v) is 1.18. The third-order valence-electron chi connectivity index (χ3n) is 2.28. The lowest BCUT2D eigenvalue weighted by atomic mass is 10.0. The van der Waals surface area contributed by atoms with Crippen molar-refractivity contribution in [2.45, 2.75) is 39.5 Å². The predicted molar refractivity (Wildman–Crippen MR) is 56.0 cm³/mol. The van der Waals surface area contributed by atoms with Crippen LogP contribution in [0.15, 0.2) is 12.3 Å². The van der Waals surface area contributed by atoms with Gasteiger partial charge in [0, 0.05) is 0 Å². The predicted octanol–water partition coefficient (Wildman–Crippen LogP) is 2.82. The molecule has 0 rings (SSSR count). The van der Waals surface area contributed by atoms with Crippen molar-refractivity contribution in [2.24, 2.45) is 5.92 Å². The first kappa shape index (κ1) is 13.0. The van der Waals surface area contributed by atoms with Gasteiger partial charge < -0.3 is 9.84 Å². The first-order valence-electron chi connectivity index (χ1n) is 5.16. The van der Waals surface area contributed by atoms with Crippen LogP contribution in [-0.2, 0) is 9.53 Å². The summed E-state index contributed by atoms with van der Waals surface area (Å²) >= 11 is 0. The van der Waals surface area contributed by atoms with Crippen LogP contribution in [0.25, 0.3) is 0 Å². The van der Waals surface area contributed by atoms with E-state index in [4.69, 9.17) is 9.84 Å². The van der Waals surface area contributed by atoms with Crippen molar-refractivity contribution in [3.63, 3.8) is 0 Å². The topological polar surface area (TPSA) is 46.5 Å². The van der Waals surface area contributed by atoms with E-state index >= 15 is 0 Å². The lowest BCUT2D eigenvalue weighted by Gasteiger charge is -2.14. The zero-order valence-corrected chi connectivity index (χ0v) is 9.08. The first-order chi connectivity index (χ1) is 6.61. The van der Waals surface area contributed by atoms with Gasteiger partial charge in [0.1, 0.15) is 0 Å². The van der Waals surface area contributed by atoms with Crippen LogP contribution in [0, 0.1) is 5.92 Å². The van der Waals surface area contributed by atoms with E-state index in [-0.39, 0.29) is 5.76 Å². The van der Waals surface area contributed by atoms with Crippen molar-refractivity contribution in [3.8, 4) is 0 Å². The van der Waals surface area contributed by atoms with Crippen molar-refractivity contribution >= 4 is 5.97 Å². The summed E-state index contributed by atoms with van der Waals surface area (Å²) in [4.78, 5) is 10.4. The maximum absolute atomic E-state index is 10.4. The van der Waals surface area contributed by atoms with Gasteiger partial charge in [-0.3, -0.25) is 0 Å². The number of ether oxygens (including phenoxy) is 1. The summed E-state index contributed by atoms with van der Waals surface area (Å²) in [5.74, 6) is -0.777. The molecule has 0 aromatic heterocycles. The number of unbranched alkanes of at least 4 members (excludes halogenated alkanes) is 1. The number of hydrogen-bond donors (Lipinski definition) is 1. The molecule has 0 radical (unpaired) electrons. The summed E-state index contributed by atoms with van der Waals surface area (Å²) in [6.45, 7) is 8.03. The van der Waals surface area contributed by atoms with Gasteiger partial charge in [0.15, 0.2) is 5.76 Å². The van der Waals surface area contributed by atoms with Crippen LogP contribution in [0.4, 0.5) is 0 Å². The average Bonchev–Trinajstić information content (AvgIpc) is 2.17. The van der Waals surface area contributed by atoms with Gasteiger partial charge in [-0.25, -0.2) is 4.79 Å². The highest BCUT2D eigenvalue weighted by Gasteiger charge is 2.10. The molecule has 0 aliphatic carbocycles. The van der Waals surface area contributed by atoms with Gasteiger partial charge in [0.05, 0.1) is 6.61 Å². The zero-order valence-electron chi connectivity index (χ0n) is 9.08. The summed E-state index contributed by atoms with van der Waals surface area (Å²) in [7, 11) is 0. The fourth-order valence-electron chi connectivity index (χ4n) is 1.18. The van der Waals surface area contributed by atoms with Crippen LogP contribution >= 0.6 is 0 Å². The Morgan fingerprint density at radius 1 is 1.50 bits per heavy atom. The van der Waals surface area contributed by atoms with E-state index in [1.54, 1.807) is 0 Å². The van der Waals surface area contributed by atoms with Gasteiger partial charge in [-0.15, -0.1) is 0 Å². The molecule has 82 valence electrons. The van der Waals surface area contributed by atoms with Gasteiger partial charge >= 0.3 is 5.97 Å². The second-order valence-corrected chi connectivity index (χ2v) is 3.46. The fraction of sp³-hybridized carbons (Fsp3) is 0.727. The minimum atomic E-state index is -1.07. The number of rotatable bonds is 8. The van der Waals surface area contributed by atoms with Gasteiger partial charge in [0.2, 0.25) is 0 Å². The number of hydrogen-bond acceptors (Lipinski definition) is 2. The molecule has 1 atom stereocenters. The molecular weight excluding hydrogens is 180 g/mol. The van der Waals surface area contributed by atoms with Gasteiger partial charge in [0.25, 0.3) is 0 Å². The van der Waals surface area contributed by atoms with E-state index < -0.39 is 5.97 Å². The molecule has 0 aromatic carbocycles. The third kappa shape index (κ3) is 5.62. The molecule has 0 spiro atoms. The Kier molecular flexibility index (Phi) is 6.89. The number of aliphatic carboxylic acids is 1. The monoisotopic (exact) mass is 200 g/mol. The van der Waals surface area contributed by atoms with Gasteiger partial charge in [-0.1, -0.05) is 33.1 Å². The Morgan fingerprint density at radius 3 is 2.57 bits per heavy atom. The normalized spacial score (nSPS) is 12.1. The third-order valence-corrected chi connectivity index (χ3v) is 2.28. The summed E-state index contributed by atoms with van der Waals surface area (Å²) in [6.07, 6.45) is 4.45. The maximum atomic E-state index is 10.4. The number of carboxylic acids is 1. The smallest absolute Gasteiger partial charge is 0.370 e. The quantitative estimate of drug-likeness (QED) is 0.484. The number of carboxylic acid groups (broad SMARTS) is 1. The summed E-state index contributed by atoms with van der Waals surface area (Å²) in [5.41, 5.74) is 0. The first-order valence-corrected chi connectivity index (χ1v) is 5.16. The zero-order chi connectivity index (χ0) is 11.0. The lowest BCUT2D eigenvalue weighted by molar-refractivity contribution is -0.136. The van der Waals surface area contributed by atoms with E-state index in [2.05, 4.69) is 20.4 Å². The van der Waals surface area contributed by atoms with Crippen LogP contribution in [-0.4, -0.2) is 17.7 Å².